The van der Waals surface area contributed by atoms with Gasteiger partial charge < -0.3 is 10.6 Å². The maximum Gasteiger partial charge on any atom is 0.227 e. The molecule has 0 aromatic heterocycles. The van der Waals surface area contributed by atoms with E-state index in [-0.39, 0.29) is 11.4 Å². The second kappa shape index (κ2) is 5.83. The Hall–Kier alpha value is -1.55. The SMILES string of the molecule is CC(C)(C)N1CCN(C(=O)Cc2cccc(N)c2)CC1. The third-order valence-corrected chi connectivity index (χ3v) is 3.89. The molecule has 0 bridgehead atoms. The largest absolute Gasteiger partial charge is 0.399 e. The van der Waals surface area contributed by atoms with Crippen molar-refractivity contribution < 1.29 is 4.79 Å². The van der Waals surface area contributed by atoms with Gasteiger partial charge in [-0.1, -0.05) is 12.1 Å². The third-order valence-electron chi connectivity index (χ3n) is 3.89. The molecule has 1 amide bonds. The molecule has 20 heavy (non-hydrogen) atoms. The molecule has 0 saturated carbocycles. The summed E-state index contributed by atoms with van der Waals surface area (Å²) in [5.41, 5.74) is 7.64. The number of benzene rings is 1. The van der Waals surface area contributed by atoms with E-state index in [0.717, 1.165) is 31.7 Å². The van der Waals surface area contributed by atoms with E-state index in [1.54, 1.807) is 0 Å². The van der Waals surface area contributed by atoms with E-state index in [9.17, 15) is 4.79 Å². The van der Waals surface area contributed by atoms with E-state index in [1.807, 2.05) is 29.2 Å². The van der Waals surface area contributed by atoms with Gasteiger partial charge in [0.05, 0.1) is 6.42 Å². The topological polar surface area (TPSA) is 49.6 Å². The van der Waals surface area contributed by atoms with Crippen molar-refractivity contribution in [2.24, 2.45) is 0 Å². The Kier molecular flexibility index (Phi) is 4.33. The first-order chi connectivity index (χ1) is 9.36. The number of hydrogen-bond acceptors (Lipinski definition) is 3. The molecule has 0 radical (unpaired) electrons. The molecule has 2 N–H and O–H groups in total. The van der Waals surface area contributed by atoms with Gasteiger partial charge in [0.15, 0.2) is 0 Å². The Balaban J connectivity index is 1.89. The van der Waals surface area contributed by atoms with Crippen LogP contribution in [0.3, 0.4) is 0 Å². The first kappa shape index (κ1) is 14.9. The minimum atomic E-state index is 0.184. The molecule has 1 aliphatic heterocycles. The third kappa shape index (κ3) is 3.73. The van der Waals surface area contributed by atoms with Gasteiger partial charge in [-0.05, 0) is 38.5 Å². The summed E-state index contributed by atoms with van der Waals surface area (Å²) >= 11 is 0. The average molecular weight is 275 g/mol. The highest BCUT2D eigenvalue weighted by molar-refractivity contribution is 5.79. The van der Waals surface area contributed by atoms with Crippen molar-refractivity contribution in [1.29, 1.82) is 0 Å². The van der Waals surface area contributed by atoms with Crippen LogP contribution in [-0.2, 0) is 11.2 Å². The highest BCUT2D eigenvalue weighted by Crippen LogP contribution is 2.16. The summed E-state index contributed by atoms with van der Waals surface area (Å²) in [6, 6.07) is 7.58. The van der Waals surface area contributed by atoms with Gasteiger partial charge in [-0.3, -0.25) is 9.69 Å². The monoisotopic (exact) mass is 275 g/mol. The lowest BCUT2D eigenvalue weighted by atomic mass is 10.0. The molecule has 4 nitrogen and oxygen atoms in total. The summed E-state index contributed by atoms with van der Waals surface area (Å²) in [4.78, 5) is 16.7. The Morgan fingerprint density at radius 3 is 2.40 bits per heavy atom. The van der Waals surface area contributed by atoms with E-state index in [0.29, 0.717) is 12.1 Å². The van der Waals surface area contributed by atoms with E-state index in [4.69, 9.17) is 5.73 Å². The minimum Gasteiger partial charge on any atom is -0.399 e. The van der Waals surface area contributed by atoms with Crippen LogP contribution in [0, 0.1) is 0 Å². The number of hydrogen-bond donors (Lipinski definition) is 1. The van der Waals surface area contributed by atoms with Crippen molar-refractivity contribution in [2.75, 3.05) is 31.9 Å². The first-order valence-corrected chi connectivity index (χ1v) is 7.23. The van der Waals surface area contributed by atoms with E-state index < -0.39 is 0 Å². The van der Waals surface area contributed by atoms with Gasteiger partial charge >= 0.3 is 0 Å². The standard InChI is InChI=1S/C16H25N3O/c1-16(2,3)19-9-7-18(8-10-19)15(20)12-13-5-4-6-14(17)11-13/h4-6,11H,7-10,12,17H2,1-3H3. The molecule has 1 aromatic carbocycles. The summed E-state index contributed by atoms with van der Waals surface area (Å²) in [5.74, 6) is 0.198. The number of nitrogens with two attached hydrogens (primary N) is 1. The van der Waals surface area contributed by atoms with Crippen molar-refractivity contribution in [2.45, 2.75) is 32.7 Å². The number of anilines is 1. The number of rotatable bonds is 2. The summed E-state index contributed by atoms with van der Waals surface area (Å²) < 4.78 is 0. The van der Waals surface area contributed by atoms with Crippen LogP contribution in [-0.4, -0.2) is 47.4 Å². The lowest BCUT2D eigenvalue weighted by Gasteiger charge is -2.42. The minimum absolute atomic E-state index is 0.184. The summed E-state index contributed by atoms with van der Waals surface area (Å²) in [7, 11) is 0. The van der Waals surface area contributed by atoms with Gasteiger partial charge in [0.1, 0.15) is 0 Å². The molecular weight excluding hydrogens is 250 g/mol. The number of nitrogen functional groups attached to an aromatic ring is 1. The van der Waals surface area contributed by atoms with Crippen LogP contribution in [0.15, 0.2) is 24.3 Å². The summed E-state index contributed by atoms with van der Waals surface area (Å²) in [5, 5.41) is 0. The highest BCUT2D eigenvalue weighted by Gasteiger charge is 2.27. The molecule has 2 rings (SSSR count). The fourth-order valence-corrected chi connectivity index (χ4v) is 2.62. The van der Waals surface area contributed by atoms with Crippen molar-refractivity contribution in [3.05, 3.63) is 29.8 Å². The quantitative estimate of drug-likeness (QED) is 0.837. The fraction of sp³-hybridized carbons (Fsp3) is 0.562. The first-order valence-electron chi connectivity index (χ1n) is 7.23. The number of amides is 1. The van der Waals surface area contributed by atoms with E-state index in [2.05, 4.69) is 25.7 Å². The second-order valence-corrected chi connectivity index (χ2v) is 6.46. The summed E-state index contributed by atoms with van der Waals surface area (Å²) in [6.45, 7) is 10.2. The smallest absolute Gasteiger partial charge is 0.227 e. The lowest BCUT2D eigenvalue weighted by Crippen LogP contribution is -2.54. The normalized spacial score (nSPS) is 17.2. The maximum atomic E-state index is 12.3. The van der Waals surface area contributed by atoms with Crippen LogP contribution in [0.25, 0.3) is 0 Å². The molecule has 1 heterocycles. The Morgan fingerprint density at radius 2 is 1.85 bits per heavy atom. The zero-order valence-corrected chi connectivity index (χ0v) is 12.7. The Labute approximate surface area is 121 Å². The molecule has 0 atom stereocenters. The molecule has 0 aliphatic carbocycles. The zero-order valence-electron chi connectivity index (χ0n) is 12.7. The Bertz CT molecular complexity index is 471. The molecule has 1 aliphatic rings. The highest BCUT2D eigenvalue weighted by atomic mass is 16.2. The van der Waals surface area contributed by atoms with Crippen LogP contribution < -0.4 is 5.73 Å². The Morgan fingerprint density at radius 1 is 1.20 bits per heavy atom. The van der Waals surface area contributed by atoms with Crippen molar-refractivity contribution in [3.63, 3.8) is 0 Å². The molecule has 1 fully saturated rings. The molecular formula is C16H25N3O. The predicted octanol–water partition coefficient (Wildman–Crippen LogP) is 1.75. The van der Waals surface area contributed by atoms with Crippen LogP contribution in [0.1, 0.15) is 26.3 Å². The lowest BCUT2D eigenvalue weighted by molar-refractivity contribution is -0.133. The van der Waals surface area contributed by atoms with Crippen LogP contribution in [0.4, 0.5) is 5.69 Å². The van der Waals surface area contributed by atoms with Crippen molar-refractivity contribution in [1.82, 2.24) is 9.80 Å². The molecule has 0 spiro atoms. The molecule has 4 heteroatoms. The van der Waals surface area contributed by atoms with Crippen molar-refractivity contribution in [3.8, 4) is 0 Å². The maximum absolute atomic E-state index is 12.3. The number of nitrogens with zero attached hydrogens (tertiary/aromatic N) is 2. The predicted molar refractivity (Wildman–Crippen MR) is 82.5 cm³/mol. The molecule has 1 aromatic rings. The average Bonchev–Trinajstić information content (AvgIpc) is 2.38. The molecule has 0 unspecified atom stereocenters. The van der Waals surface area contributed by atoms with E-state index >= 15 is 0 Å². The fourth-order valence-electron chi connectivity index (χ4n) is 2.62. The number of carbonyl (C=O) groups excluding carboxylic acids is 1. The van der Waals surface area contributed by atoms with Crippen LogP contribution in [0.2, 0.25) is 0 Å². The van der Waals surface area contributed by atoms with Crippen molar-refractivity contribution >= 4 is 11.6 Å². The van der Waals surface area contributed by atoms with Gasteiger partial charge in [-0.15, -0.1) is 0 Å². The van der Waals surface area contributed by atoms with Crippen LogP contribution >= 0.6 is 0 Å². The van der Waals surface area contributed by atoms with Gasteiger partial charge in [-0.25, -0.2) is 0 Å². The van der Waals surface area contributed by atoms with E-state index in [1.165, 1.54) is 0 Å². The van der Waals surface area contributed by atoms with Gasteiger partial charge in [-0.2, -0.15) is 0 Å². The van der Waals surface area contributed by atoms with Gasteiger partial charge in [0.2, 0.25) is 5.91 Å². The van der Waals surface area contributed by atoms with Gasteiger partial charge in [0.25, 0.3) is 0 Å². The second-order valence-electron chi connectivity index (χ2n) is 6.46. The zero-order chi connectivity index (χ0) is 14.8. The van der Waals surface area contributed by atoms with Crippen LogP contribution in [0.5, 0.6) is 0 Å². The van der Waals surface area contributed by atoms with Gasteiger partial charge in [0, 0.05) is 37.4 Å². The molecule has 110 valence electrons. The molecule has 1 saturated heterocycles. The number of carbonyl (C=O) groups is 1. The summed E-state index contributed by atoms with van der Waals surface area (Å²) in [6.07, 6.45) is 0.445. The number of piperazine rings is 1.